The molecular formula is C19H17BrIN3OS. The van der Waals surface area contributed by atoms with E-state index in [0.29, 0.717) is 3.92 Å². The second kappa shape index (κ2) is 7.09. The predicted octanol–water partition coefficient (Wildman–Crippen LogP) is 4.11. The molecule has 26 heavy (non-hydrogen) atoms. The van der Waals surface area contributed by atoms with Crippen molar-refractivity contribution < 1.29 is 4.74 Å². The van der Waals surface area contributed by atoms with Crippen LogP contribution in [-0.2, 0) is 5.54 Å². The topological polar surface area (TPSA) is 36.9 Å². The molecule has 1 fully saturated rings. The summed E-state index contributed by atoms with van der Waals surface area (Å²) in [6, 6.07) is 16.4. The zero-order valence-corrected chi connectivity index (χ0v) is 18.6. The van der Waals surface area contributed by atoms with Crippen molar-refractivity contribution in [3.05, 3.63) is 64.1 Å². The minimum Gasteiger partial charge on any atom is -0.497 e. The van der Waals surface area contributed by atoms with Crippen molar-refractivity contribution in [2.75, 3.05) is 20.2 Å². The van der Waals surface area contributed by atoms with Crippen LogP contribution in [0, 0.1) is 0 Å². The number of hydrogen-bond donors (Lipinski definition) is 1. The molecule has 2 heterocycles. The Bertz CT molecular complexity index is 889. The van der Waals surface area contributed by atoms with Gasteiger partial charge in [-0.15, -0.1) is 0 Å². The van der Waals surface area contributed by atoms with Gasteiger partial charge in [-0.2, -0.15) is 0 Å². The van der Waals surface area contributed by atoms with Crippen molar-refractivity contribution in [3.63, 3.8) is 0 Å². The molecule has 1 saturated heterocycles. The maximum Gasteiger partial charge on any atom is 0.175 e. The third kappa shape index (κ3) is 2.93. The van der Waals surface area contributed by atoms with Crippen LogP contribution in [0.5, 0.6) is 5.75 Å². The van der Waals surface area contributed by atoms with Crippen molar-refractivity contribution in [2.45, 2.75) is 9.46 Å². The monoisotopic (exact) mass is 541 g/mol. The fourth-order valence-electron chi connectivity index (χ4n) is 3.53. The van der Waals surface area contributed by atoms with E-state index in [0.717, 1.165) is 45.4 Å². The van der Waals surface area contributed by atoms with Crippen LogP contribution < -0.4 is 10.1 Å². The first-order valence-electron chi connectivity index (χ1n) is 8.24. The van der Waals surface area contributed by atoms with E-state index >= 15 is 0 Å². The van der Waals surface area contributed by atoms with Crippen LogP contribution in [0.3, 0.4) is 0 Å². The summed E-state index contributed by atoms with van der Waals surface area (Å²) in [5.41, 5.74) is 1.60. The fraction of sp³-hybridized carbons (Fsp3) is 0.263. The van der Waals surface area contributed by atoms with Gasteiger partial charge in [0, 0.05) is 14.9 Å². The number of amidine groups is 1. The molecule has 0 amide bonds. The van der Waals surface area contributed by atoms with Gasteiger partial charge in [0.05, 0.1) is 13.7 Å². The maximum atomic E-state index is 5.69. The number of benzene rings is 2. The standard InChI is InChI=1S/C19H17BrIN3OS/c1-25-16-7-5-12(6-8-16)19(13-3-2-4-14(20)9-13)17-22-10-15(21)11-24(17)18(26)23-19/h2-9,15H,10-11H2,1H3,(H,23,26). The molecule has 0 spiro atoms. The van der Waals surface area contributed by atoms with Crippen LogP contribution >= 0.6 is 50.7 Å². The van der Waals surface area contributed by atoms with E-state index < -0.39 is 5.54 Å². The van der Waals surface area contributed by atoms with E-state index in [-0.39, 0.29) is 0 Å². The molecule has 0 radical (unpaired) electrons. The summed E-state index contributed by atoms with van der Waals surface area (Å²) < 4.78 is 6.81. The lowest BCUT2D eigenvalue weighted by atomic mass is 9.82. The highest BCUT2D eigenvalue weighted by Gasteiger charge is 2.51. The highest BCUT2D eigenvalue weighted by Crippen LogP contribution is 2.40. The van der Waals surface area contributed by atoms with Gasteiger partial charge in [-0.1, -0.05) is 62.8 Å². The Balaban J connectivity index is 1.94. The lowest BCUT2D eigenvalue weighted by Crippen LogP contribution is -2.47. The van der Waals surface area contributed by atoms with Crippen molar-refractivity contribution in [1.29, 1.82) is 0 Å². The number of fused-ring (bicyclic) bond motifs is 1. The molecular weight excluding hydrogens is 525 g/mol. The SMILES string of the molecule is COc1ccc(C2(c3cccc(Br)c3)NC(=S)N3CC(I)CN=C32)cc1. The van der Waals surface area contributed by atoms with E-state index in [4.69, 9.17) is 21.9 Å². The van der Waals surface area contributed by atoms with Crippen LogP contribution in [0.1, 0.15) is 11.1 Å². The van der Waals surface area contributed by atoms with Gasteiger partial charge in [-0.05, 0) is 47.6 Å². The molecule has 2 aromatic rings. The molecule has 0 bridgehead atoms. The molecule has 1 N–H and O–H groups in total. The van der Waals surface area contributed by atoms with Crippen LogP contribution in [0.25, 0.3) is 0 Å². The van der Waals surface area contributed by atoms with E-state index in [1.807, 2.05) is 24.3 Å². The number of thiocarbonyl (C=S) groups is 1. The number of rotatable bonds is 3. The number of nitrogens with zero attached hydrogens (tertiary/aromatic N) is 2. The van der Waals surface area contributed by atoms with Gasteiger partial charge < -0.3 is 15.0 Å². The fourth-order valence-corrected chi connectivity index (χ4v) is 4.83. The molecule has 7 heteroatoms. The van der Waals surface area contributed by atoms with Gasteiger partial charge in [0.25, 0.3) is 0 Å². The Morgan fingerprint density at radius 1 is 1.27 bits per heavy atom. The van der Waals surface area contributed by atoms with Crippen molar-refractivity contribution in [3.8, 4) is 5.75 Å². The molecule has 2 aliphatic rings. The molecule has 2 aromatic carbocycles. The first-order chi connectivity index (χ1) is 12.5. The summed E-state index contributed by atoms with van der Waals surface area (Å²) >= 11 is 11.7. The van der Waals surface area contributed by atoms with Crippen molar-refractivity contribution in [1.82, 2.24) is 10.2 Å². The van der Waals surface area contributed by atoms with Gasteiger partial charge in [0.15, 0.2) is 5.11 Å². The summed E-state index contributed by atoms with van der Waals surface area (Å²) in [5.74, 6) is 1.80. The number of methoxy groups -OCH3 is 1. The minimum atomic E-state index is -0.593. The number of halogens is 2. The quantitative estimate of drug-likeness (QED) is 0.360. The predicted molar refractivity (Wildman–Crippen MR) is 120 cm³/mol. The highest BCUT2D eigenvalue weighted by atomic mass is 127. The van der Waals surface area contributed by atoms with Gasteiger partial charge in [-0.25, -0.2) is 0 Å². The van der Waals surface area contributed by atoms with Crippen LogP contribution in [-0.4, -0.2) is 40.0 Å². The Labute approximate surface area is 180 Å². The summed E-state index contributed by atoms with van der Waals surface area (Å²) in [4.78, 5) is 7.08. The number of hydrogen-bond acceptors (Lipinski definition) is 3. The van der Waals surface area contributed by atoms with Crippen molar-refractivity contribution >= 4 is 61.7 Å². The Kier molecular flexibility index (Phi) is 4.96. The third-order valence-corrected chi connectivity index (χ3v) is 6.33. The second-order valence-corrected chi connectivity index (χ2v) is 9.36. The van der Waals surface area contributed by atoms with E-state index in [9.17, 15) is 0 Å². The zero-order chi connectivity index (χ0) is 18.3. The molecule has 4 rings (SSSR count). The first kappa shape index (κ1) is 18.2. The molecule has 0 saturated carbocycles. The van der Waals surface area contributed by atoms with Crippen molar-refractivity contribution in [2.24, 2.45) is 4.99 Å². The van der Waals surface area contributed by atoms with Crippen LogP contribution in [0.2, 0.25) is 0 Å². The summed E-state index contributed by atoms with van der Waals surface area (Å²) in [5, 5.41) is 4.31. The molecule has 0 aromatic heterocycles. The highest BCUT2D eigenvalue weighted by molar-refractivity contribution is 14.1. The molecule has 0 aliphatic carbocycles. The average Bonchev–Trinajstić information content (AvgIpc) is 2.95. The van der Waals surface area contributed by atoms with Crippen LogP contribution in [0.15, 0.2) is 58.0 Å². The minimum absolute atomic E-state index is 0.449. The van der Waals surface area contributed by atoms with Gasteiger partial charge in [0.1, 0.15) is 17.1 Å². The van der Waals surface area contributed by atoms with Gasteiger partial charge in [-0.3, -0.25) is 4.99 Å². The smallest absolute Gasteiger partial charge is 0.175 e. The Morgan fingerprint density at radius 2 is 2.04 bits per heavy atom. The zero-order valence-electron chi connectivity index (χ0n) is 14.1. The van der Waals surface area contributed by atoms with Crippen LogP contribution in [0.4, 0.5) is 0 Å². The normalized spacial score (nSPS) is 24.7. The second-order valence-electron chi connectivity index (χ2n) is 6.29. The largest absolute Gasteiger partial charge is 0.497 e. The summed E-state index contributed by atoms with van der Waals surface area (Å²) in [7, 11) is 1.68. The Hall–Kier alpha value is -1.19. The van der Waals surface area contributed by atoms with Gasteiger partial charge in [0.2, 0.25) is 0 Å². The van der Waals surface area contributed by atoms with E-state index in [1.165, 1.54) is 0 Å². The Morgan fingerprint density at radius 3 is 2.73 bits per heavy atom. The third-order valence-electron chi connectivity index (χ3n) is 4.73. The molecule has 2 atom stereocenters. The number of ether oxygens (including phenoxy) is 1. The lowest BCUT2D eigenvalue weighted by molar-refractivity contribution is 0.414. The van der Waals surface area contributed by atoms with E-state index in [2.05, 4.69) is 73.0 Å². The van der Waals surface area contributed by atoms with Gasteiger partial charge >= 0.3 is 0 Å². The summed E-state index contributed by atoms with van der Waals surface area (Å²) in [6.07, 6.45) is 0. The molecule has 2 unspecified atom stereocenters. The maximum absolute atomic E-state index is 5.69. The average molecular weight is 542 g/mol. The number of alkyl halides is 1. The molecule has 4 nitrogen and oxygen atoms in total. The first-order valence-corrected chi connectivity index (χ1v) is 10.7. The molecule has 2 aliphatic heterocycles. The molecule has 134 valence electrons. The number of aliphatic imine (C=N–C) groups is 1. The number of nitrogens with one attached hydrogen (secondary N) is 1. The summed E-state index contributed by atoms with van der Waals surface area (Å²) in [6.45, 7) is 1.67. The lowest BCUT2D eigenvalue weighted by Gasteiger charge is -2.34. The van der Waals surface area contributed by atoms with E-state index in [1.54, 1.807) is 7.11 Å².